The summed E-state index contributed by atoms with van der Waals surface area (Å²) < 4.78 is 36.0. The maximum atomic E-state index is 13.5. The summed E-state index contributed by atoms with van der Waals surface area (Å²) in [7, 11) is -1.74. The number of aryl methyl sites for hydroxylation is 1. The lowest BCUT2D eigenvalue weighted by Gasteiger charge is -2.10. The molecule has 0 saturated heterocycles. The first kappa shape index (κ1) is 12.0. The standard InChI is InChI=1S/C10H14FNO2S/c1-4-7-5-8(15(3,13)14)6-9(11)10(7)12-2/h5-6,12H,4H2,1-3H3. The van der Waals surface area contributed by atoms with E-state index in [-0.39, 0.29) is 4.90 Å². The number of rotatable bonds is 3. The highest BCUT2D eigenvalue weighted by molar-refractivity contribution is 7.90. The lowest BCUT2D eigenvalue weighted by Crippen LogP contribution is -2.04. The number of nitrogens with one attached hydrogen (secondary N) is 1. The van der Waals surface area contributed by atoms with Gasteiger partial charge in [0.15, 0.2) is 9.84 Å². The highest BCUT2D eigenvalue weighted by atomic mass is 32.2. The molecule has 1 aromatic rings. The molecule has 0 fully saturated rings. The summed E-state index contributed by atoms with van der Waals surface area (Å²) in [4.78, 5) is 0.0239. The van der Waals surface area contributed by atoms with Crippen LogP contribution >= 0.6 is 0 Å². The molecule has 0 amide bonds. The van der Waals surface area contributed by atoms with Crippen molar-refractivity contribution in [3.8, 4) is 0 Å². The van der Waals surface area contributed by atoms with Crippen LogP contribution in [0.2, 0.25) is 0 Å². The Labute approximate surface area is 89.2 Å². The van der Waals surface area contributed by atoms with Crippen molar-refractivity contribution in [2.24, 2.45) is 0 Å². The maximum Gasteiger partial charge on any atom is 0.175 e. The van der Waals surface area contributed by atoms with Gasteiger partial charge in [-0.15, -0.1) is 0 Å². The zero-order valence-corrected chi connectivity index (χ0v) is 9.78. The molecule has 5 heteroatoms. The van der Waals surface area contributed by atoms with Crippen LogP contribution in [-0.4, -0.2) is 21.7 Å². The first-order valence-electron chi connectivity index (χ1n) is 4.60. The van der Waals surface area contributed by atoms with E-state index in [1.165, 1.54) is 6.07 Å². The summed E-state index contributed by atoms with van der Waals surface area (Å²) in [5, 5.41) is 2.72. The lowest BCUT2D eigenvalue weighted by molar-refractivity contribution is 0.596. The predicted molar refractivity (Wildman–Crippen MR) is 58.4 cm³/mol. The molecular weight excluding hydrogens is 217 g/mol. The summed E-state index contributed by atoms with van der Waals surface area (Å²) in [6.45, 7) is 1.85. The van der Waals surface area contributed by atoms with Crippen molar-refractivity contribution in [2.45, 2.75) is 18.2 Å². The van der Waals surface area contributed by atoms with E-state index in [1.807, 2.05) is 6.92 Å². The molecule has 0 saturated carbocycles. The van der Waals surface area contributed by atoms with Crippen molar-refractivity contribution in [1.82, 2.24) is 0 Å². The van der Waals surface area contributed by atoms with E-state index in [1.54, 1.807) is 7.05 Å². The third-order valence-electron chi connectivity index (χ3n) is 2.20. The Balaban J connectivity index is 3.45. The van der Waals surface area contributed by atoms with E-state index in [2.05, 4.69) is 5.32 Å². The number of sulfone groups is 1. The molecule has 0 aliphatic heterocycles. The Bertz CT molecular complexity index is 469. The molecule has 1 N–H and O–H groups in total. The minimum atomic E-state index is -3.35. The van der Waals surface area contributed by atoms with E-state index in [0.717, 1.165) is 12.3 Å². The molecule has 0 spiro atoms. The van der Waals surface area contributed by atoms with Gasteiger partial charge in [-0.05, 0) is 24.1 Å². The highest BCUT2D eigenvalue weighted by Gasteiger charge is 2.14. The summed E-state index contributed by atoms with van der Waals surface area (Å²) in [5.41, 5.74) is 1.03. The van der Waals surface area contributed by atoms with Crippen molar-refractivity contribution in [2.75, 3.05) is 18.6 Å². The van der Waals surface area contributed by atoms with E-state index in [9.17, 15) is 12.8 Å². The number of benzene rings is 1. The summed E-state index contributed by atoms with van der Waals surface area (Å²) >= 11 is 0. The van der Waals surface area contributed by atoms with Crippen LogP contribution in [0, 0.1) is 5.82 Å². The SMILES string of the molecule is CCc1cc(S(C)(=O)=O)cc(F)c1NC. The lowest BCUT2D eigenvalue weighted by atomic mass is 10.1. The largest absolute Gasteiger partial charge is 0.386 e. The number of anilines is 1. The molecule has 3 nitrogen and oxygen atoms in total. The Hall–Kier alpha value is -1.10. The van der Waals surface area contributed by atoms with Crippen LogP contribution in [0.1, 0.15) is 12.5 Å². The highest BCUT2D eigenvalue weighted by Crippen LogP contribution is 2.24. The van der Waals surface area contributed by atoms with Crippen LogP contribution in [0.5, 0.6) is 0 Å². The molecule has 0 heterocycles. The quantitative estimate of drug-likeness (QED) is 0.863. The fourth-order valence-corrected chi connectivity index (χ4v) is 2.08. The molecule has 0 atom stereocenters. The summed E-state index contributed by atoms with van der Waals surface area (Å²) in [6, 6.07) is 2.55. The Morgan fingerprint density at radius 2 is 2.00 bits per heavy atom. The van der Waals surface area contributed by atoms with E-state index >= 15 is 0 Å². The van der Waals surface area contributed by atoms with Gasteiger partial charge in [-0.1, -0.05) is 6.92 Å². The van der Waals surface area contributed by atoms with Crippen LogP contribution in [-0.2, 0) is 16.3 Å². The van der Waals surface area contributed by atoms with Gasteiger partial charge >= 0.3 is 0 Å². The third-order valence-corrected chi connectivity index (χ3v) is 3.30. The summed E-state index contributed by atoms with van der Waals surface area (Å²) in [6.07, 6.45) is 1.65. The fraction of sp³-hybridized carbons (Fsp3) is 0.400. The Morgan fingerprint density at radius 3 is 2.40 bits per heavy atom. The molecule has 84 valence electrons. The van der Waals surface area contributed by atoms with Gasteiger partial charge in [0.25, 0.3) is 0 Å². The number of hydrogen-bond donors (Lipinski definition) is 1. The molecule has 15 heavy (non-hydrogen) atoms. The number of halogens is 1. The second-order valence-corrected chi connectivity index (χ2v) is 5.33. The molecule has 0 aromatic heterocycles. The topological polar surface area (TPSA) is 46.2 Å². The first-order valence-corrected chi connectivity index (χ1v) is 6.49. The second-order valence-electron chi connectivity index (χ2n) is 3.31. The Morgan fingerprint density at radius 1 is 1.40 bits per heavy atom. The van der Waals surface area contributed by atoms with E-state index < -0.39 is 15.7 Å². The van der Waals surface area contributed by atoms with Crippen molar-refractivity contribution < 1.29 is 12.8 Å². The fourth-order valence-electron chi connectivity index (χ4n) is 1.41. The first-order chi connectivity index (χ1) is 6.90. The van der Waals surface area contributed by atoms with Gasteiger partial charge in [0.2, 0.25) is 0 Å². The van der Waals surface area contributed by atoms with Crippen molar-refractivity contribution in [3.05, 3.63) is 23.5 Å². The smallest absolute Gasteiger partial charge is 0.175 e. The predicted octanol–water partition coefficient (Wildman–Crippen LogP) is 1.83. The van der Waals surface area contributed by atoms with Gasteiger partial charge in [0, 0.05) is 13.3 Å². The van der Waals surface area contributed by atoms with Gasteiger partial charge in [-0.2, -0.15) is 0 Å². The van der Waals surface area contributed by atoms with Crippen LogP contribution in [0.15, 0.2) is 17.0 Å². The van der Waals surface area contributed by atoms with Crippen LogP contribution in [0.3, 0.4) is 0 Å². The molecule has 0 aliphatic rings. The minimum Gasteiger partial charge on any atom is -0.386 e. The van der Waals surface area contributed by atoms with Gasteiger partial charge in [0.1, 0.15) is 5.82 Å². The van der Waals surface area contributed by atoms with Gasteiger partial charge in [0.05, 0.1) is 10.6 Å². The summed E-state index contributed by atoms with van der Waals surface area (Å²) in [5.74, 6) is -0.530. The van der Waals surface area contributed by atoms with Gasteiger partial charge in [-0.3, -0.25) is 0 Å². The average molecular weight is 231 g/mol. The van der Waals surface area contributed by atoms with E-state index in [0.29, 0.717) is 17.7 Å². The maximum absolute atomic E-state index is 13.5. The normalized spacial score (nSPS) is 11.5. The average Bonchev–Trinajstić information content (AvgIpc) is 2.15. The Kier molecular flexibility index (Phi) is 3.34. The number of hydrogen-bond acceptors (Lipinski definition) is 3. The van der Waals surface area contributed by atoms with E-state index in [4.69, 9.17) is 0 Å². The van der Waals surface area contributed by atoms with Crippen molar-refractivity contribution in [1.29, 1.82) is 0 Å². The molecule has 0 radical (unpaired) electrons. The van der Waals surface area contributed by atoms with Crippen LogP contribution in [0.4, 0.5) is 10.1 Å². The molecule has 1 rings (SSSR count). The molecule has 0 bridgehead atoms. The van der Waals surface area contributed by atoms with Crippen molar-refractivity contribution >= 4 is 15.5 Å². The van der Waals surface area contributed by atoms with Crippen molar-refractivity contribution in [3.63, 3.8) is 0 Å². The van der Waals surface area contributed by atoms with Gasteiger partial charge in [-0.25, -0.2) is 12.8 Å². The zero-order chi connectivity index (χ0) is 11.6. The molecule has 0 aliphatic carbocycles. The molecular formula is C10H14FNO2S. The van der Waals surface area contributed by atoms with Gasteiger partial charge < -0.3 is 5.32 Å². The molecule has 0 unspecified atom stereocenters. The second kappa shape index (κ2) is 4.18. The zero-order valence-electron chi connectivity index (χ0n) is 8.96. The minimum absolute atomic E-state index is 0.0239. The monoisotopic (exact) mass is 231 g/mol. The van der Waals surface area contributed by atoms with Crippen LogP contribution < -0.4 is 5.32 Å². The third kappa shape index (κ3) is 2.47. The molecule has 1 aromatic carbocycles. The van der Waals surface area contributed by atoms with Crippen LogP contribution in [0.25, 0.3) is 0 Å².